The third-order valence-electron chi connectivity index (χ3n) is 6.79. The average Bonchev–Trinajstić information content (AvgIpc) is 3.67. The van der Waals surface area contributed by atoms with E-state index in [0.717, 1.165) is 12.8 Å². The Morgan fingerprint density at radius 3 is 2.64 bits per heavy atom. The molecule has 1 aliphatic heterocycles. The van der Waals surface area contributed by atoms with E-state index in [4.69, 9.17) is 18.9 Å². The van der Waals surface area contributed by atoms with Crippen LogP contribution < -0.4 is 25.0 Å². The van der Waals surface area contributed by atoms with Crippen molar-refractivity contribution in [3.8, 4) is 17.2 Å². The van der Waals surface area contributed by atoms with Crippen molar-refractivity contribution in [2.24, 2.45) is 5.41 Å². The average molecular weight is 500 g/mol. The van der Waals surface area contributed by atoms with E-state index in [-0.39, 0.29) is 53.1 Å². The van der Waals surface area contributed by atoms with Crippen LogP contribution in [-0.2, 0) is 17.8 Å². The van der Waals surface area contributed by atoms with Crippen molar-refractivity contribution >= 4 is 22.6 Å². The first-order valence-electron chi connectivity index (χ1n) is 11.6. The molecule has 8 nitrogen and oxygen atoms in total. The predicted octanol–water partition coefficient (Wildman–Crippen LogP) is 4.26. The number of nitrogens with one attached hydrogen (secondary N) is 1. The monoisotopic (exact) mass is 500 g/mol. The first-order chi connectivity index (χ1) is 17.3. The van der Waals surface area contributed by atoms with E-state index in [1.165, 1.54) is 20.4 Å². The largest absolute Gasteiger partial charge is 0.497 e. The summed E-state index contributed by atoms with van der Waals surface area (Å²) in [5, 5.41) is 2.70. The molecular formula is C26H26F2N2O6. The van der Waals surface area contributed by atoms with Crippen molar-refractivity contribution in [2.45, 2.75) is 32.9 Å². The summed E-state index contributed by atoms with van der Waals surface area (Å²) >= 11 is 0. The smallest absolute Gasteiger partial charge is 0.343 e. The lowest BCUT2D eigenvalue weighted by atomic mass is 10.1. The summed E-state index contributed by atoms with van der Waals surface area (Å²) in [5.74, 6) is -2.58. The van der Waals surface area contributed by atoms with Gasteiger partial charge in [-0.15, -0.1) is 0 Å². The topological polar surface area (TPSA) is 88.0 Å². The Balaban J connectivity index is 1.70. The zero-order valence-corrected chi connectivity index (χ0v) is 20.2. The number of carbonyl (C=O) groups excluding carboxylic acids is 1. The highest BCUT2D eigenvalue weighted by molar-refractivity contribution is 6.01. The second kappa shape index (κ2) is 9.00. The summed E-state index contributed by atoms with van der Waals surface area (Å²) in [6, 6.07) is 5.08. The Labute approximate surface area is 205 Å². The molecule has 1 saturated carbocycles. The maximum absolute atomic E-state index is 15.5. The summed E-state index contributed by atoms with van der Waals surface area (Å²) in [7, 11) is 3.00. The van der Waals surface area contributed by atoms with E-state index in [0.29, 0.717) is 23.6 Å². The molecule has 10 heteroatoms. The Bertz CT molecular complexity index is 1430. The van der Waals surface area contributed by atoms with Crippen LogP contribution in [0, 0.1) is 17.0 Å². The van der Waals surface area contributed by atoms with Gasteiger partial charge in [0.15, 0.2) is 11.6 Å². The van der Waals surface area contributed by atoms with Gasteiger partial charge in [-0.3, -0.25) is 4.79 Å². The fourth-order valence-corrected chi connectivity index (χ4v) is 4.63. The molecule has 2 heterocycles. The van der Waals surface area contributed by atoms with Gasteiger partial charge in [0.25, 0.3) is 0 Å². The maximum Gasteiger partial charge on any atom is 0.343 e. The number of ether oxygens (including phenoxy) is 4. The first-order valence-corrected chi connectivity index (χ1v) is 11.6. The molecule has 36 heavy (non-hydrogen) atoms. The highest BCUT2D eigenvalue weighted by atomic mass is 19.2. The number of hydrogen-bond donors (Lipinski definition) is 1. The molecule has 2 aromatic carbocycles. The summed E-state index contributed by atoms with van der Waals surface area (Å²) in [6.45, 7) is 2.29. The predicted molar refractivity (Wildman–Crippen MR) is 128 cm³/mol. The summed E-state index contributed by atoms with van der Waals surface area (Å²) < 4.78 is 53.9. The van der Waals surface area contributed by atoms with Gasteiger partial charge in [-0.25, -0.2) is 9.18 Å². The van der Waals surface area contributed by atoms with Crippen LogP contribution in [0.5, 0.6) is 17.2 Å². The van der Waals surface area contributed by atoms with Crippen LogP contribution in [0.1, 0.15) is 35.7 Å². The van der Waals surface area contributed by atoms with E-state index in [1.54, 1.807) is 29.7 Å². The van der Waals surface area contributed by atoms with Crippen LogP contribution in [0.4, 0.5) is 14.5 Å². The second-order valence-corrected chi connectivity index (χ2v) is 9.10. The molecule has 0 radical (unpaired) electrons. The molecule has 1 fully saturated rings. The van der Waals surface area contributed by atoms with Gasteiger partial charge in [0.1, 0.15) is 22.6 Å². The van der Waals surface area contributed by atoms with E-state index in [1.807, 2.05) is 0 Å². The molecule has 0 atom stereocenters. The molecule has 0 bridgehead atoms. The molecular weight excluding hydrogens is 474 g/mol. The number of nitrogens with zero attached hydrogens (tertiary/aromatic N) is 1. The van der Waals surface area contributed by atoms with Gasteiger partial charge >= 0.3 is 5.97 Å². The number of rotatable bonds is 7. The molecule has 190 valence electrons. The number of methoxy groups -OCH3 is 2. The second-order valence-electron chi connectivity index (χ2n) is 9.10. The number of anilines is 1. The molecule has 2 aliphatic rings. The molecule has 3 aromatic rings. The minimum atomic E-state index is -1.26. The fraction of sp³-hybridized carbons (Fsp3) is 0.385. The third kappa shape index (κ3) is 3.90. The van der Waals surface area contributed by atoms with E-state index in [9.17, 15) is 9.59 Å². The van der Waals surface area contributed by atoms with Crippen molar-refractivity contribution in [1.29, 1.82) is 0 Å². The molecule has 0 unspecified atom stereocenters. The molecule has 1 aliphatic carbocycles. The van der Waals surface area contributed by atoms with Gasteiger partial charge in [0.2, 0.25) is 11.2 Å². The van der Waals surface area contributed by atoms with Crippen LogP contribution in [0.15, 0.2) is 29.2 Å². The van der Waals surface area contributed by atoms with Gasteiger partial charge in [-0.05, 0) is 31.9 Å². The number of aromatic nitrogens is 1. The molecule has 0 amide bonds. The summed E-state index contributed by atoms with van der Waals surface area (Å²) in [5.41, 5.74) is -0.887. The number of halogens is 2. The lowest BCUT2D eigenvalue weighted by molar-refractivity contribution is 0.0524. The summed E-state index contributed by atoms with van der Waals surface area (Å²) in [4.78, 5) is 26.2. The normalized spacial score (nSPS) is 15.2. The highest BCUT2D eigenvalue weighted by Crippen LogP contribution is 2.51. The Morgan fingerprint density at radius 2 is 1.97 bits per heavy atom. The minimum absolute atomic E-state index is 0.00580. The van der Waals surface area contributed by atoms with Crippen LogP contribution in [0.2, 0.25) is 0 Å². The van der Waals surface area contributed by atoms with Gasteiger partial charge in [0.05, 0.1) is 38.5 Å². The first kappa shape index (κ1) is 23.9. The Morgan fingerprint density at radius 1 is 1.19 bits per heavy atom. The fourth-order valence-electron chi connectivity index (χ4n) is 4.63. The van der Waals surface area contributed by atoms with Crippen LogP contribution in [-0.4, -0.2) is 38.0 Å². The minimum Gasteiger partial charge on any atom is -0.497 e. The Kier molecular flexibility index (Phi) is 5.97. The molecule has 0 saturated heterocycles. The number of esters is 1. The van der Waals surface area contributed by atoms with E-state index < -0.39 is 23.0 Å². The maximum atomic E-state index is 15.5. The van der Waals surface area contributed by atoms with Crippen molar-refractivity contribution in [2.75, 3.05) is 32.8 Å². The zero-order valence-electron chi connectivity index (χ0n) is 20.2. The van der Waals surface area contributed by atoms with Gasteiger partial charge in [0, 0.05) is 36.3 Å². The van der Waals surface area contributed by atoms with Crippen LogP contribution in [0.25, 0.3) is 10.9 Å². The van der Waals surface area contributed by atoms with Crippen molar-refractivity contribution in [3.63, 3.8) is 0 Å². The van der Waals surface area contributed by atoms with Crippen LogP contribution in [0.3, 0.4) is 0 Å². The number of pyridine rings is 1. The lowest BCUT2D eigenvalue weighted by Crippen LogP contribution is -2.24. The molecule has 1 N–H and O–H groups in total. The third-order valence-corrected chi connectivity index (χ3v) is 6.79. The number of carbonyl (C=O) groups is 1. The lowest BCUT2D eigenvalue weighted by Gasteiger charge is -2.19. The highest BCUT2D eigenvalue weighted by Gasteiger charge is 2.46. The molecule has 5 rings (SSSR count). The van der Waals surface area contributed by atoms with Gasteiger partial charge in [-0.2, -0.15) is 4.39 Å². The summed E-state index contributed by atoms with van der Waals surface area (Å²) in [6.07, 6.45) is 3.06. The molecule has 1 aromatic heterocycles. The van der Waals surface area contributed by atoms with Gasteiger partial charge < -0.3 is 28.8 Å². The quantitative estimate of drug-likeness (QED) is 0.485. The van der Waals surface area contributed by atoms with Crippen molar-refractivity contribution < 1.29 is 32.5 Å². The van der Waals surface area contributed by atoms with Crippen molar-refractivity contribution in [1.82, 2.24) is 4.57 Å². The Hall–Kier alpha value is -3.82. The van der Waals surface area contributed by atoms with Crippen LogP contribution >= 0.6 is 0 Å². The van der Waals surface area contributed by atoms with Gasteiger partial charge in [-0.1, -0.05) is 0 Å². The number of hydrogen-bond acceptors (Lipinski definition) is 7. The van der Waals surface area contributed by atoms with E-state index in [2.05, 4.69) is 5.32 Å². The number of benzene rings is 2. The van der Waals surface area contributed by atoms with E-state index >= 15 is 8.78 Å². The molecule has 1 spiro atoms. The standard InChI is InChI=1S/C26H26F2N2O6/c1-4-35-25(32)16-11-30-12-26(7-8-26)13-36-24-20(28)19(27)21(18(22(24)30)23(16)31)29-10-14-5-6-15(33-2)9-17(14)34-3/h5-6,9,11,29H,4,7-8,10,12-13H2,1-3H3. The zero-order chi connectivity index (χ0) is 25.6. The SMILES string of the molecule is CCOC(=O)c1cn2c3c(c(F)c(F)c(NCc4ccc(OC)cc4OC)c3c1=O)OCC1(CC1)C2. The van der Waals surface area contributed by atoms with Crippen molar-refractivity contribution in [3.05, 3.63) is 57.4 Å².